The number of thiazole rings is 1. The minimum atomic E-state index is -0.960. The topological polar surface area (TPSA) is 54.6 Å². The Morgan fingerprint density at radius 2 is 2.11 bits per heavy atom. The molecule has 0 aliphatic heterocycles. The van der Waals surface area contributed by atoms with Crippen molar-refractivity contribution in [3.63, 3.8) is 0 Å². The Morgan fingerprint density at radius 1 is 1.32 bits per heavy atom. The summed E-state index contributed by atoms with van der Waals surface area (Å²) in [7, 11) is 0. The summed E-state index contributed by atoms with van der Waals surface area (Å²) >= 11 is 13.2. The Hall–Kier alpha value is -1.56. The third-order valence-corrected chi connectivity index (χ3v) is 4.40. The van der Waals surface area contributed by atoms with Crippen LogP contribution in [0.4, 0.5) is 0 Å². The largest absolute Gasteiger partial charge is 0.477 e. The van der Waals surface area contributed by atoms with Crippen molar-refractivity contribution in [2.45, 2.75) is 0 Å². The predicted molar refractivity (Wildman–Crippen MR) is 75.5 cm³/mol. The summed E-state index contributed by atoms with van der Waals surface area (Å²) in [5.74, 6) is -0.960. The van der Waals surface area contributed by atoms with Crippen molar-refractivity contribution >= 4 is 45.5 Å². The van der Waals surface area contributed by atoms with Gasteiger partial charge in [-0.3, -0.25) is 4.40 Å². The number of carbonyl (C=O) groups is 1. The third-order valence-electron chi connectivity index (χ3n) is 2.59. The molecule has 0 amide bonds. The lowest BCUT2D eigenvalue weighted by molar-refractivity contribution is 0.0702. The Labute approximate surface area is 121 Å². The molecule has 0 bridgehead atoms. The van der Waals surface area contributed by atoms with Crippen LogP contribution in [0.2, 0.25) is 10.0 Å². The number of aromatic nitrogens is 2. The van der Waals surface area contributed by atoms with Crippen molar-refractivity contribution in [3.8, 4) is 11.3 Å². The van der Waals surface area contributed by atoms with Gasteiger partial charge in [0.2, 0.25) is 0 Å². The number of carboxylic acids is 1. The Bertz CT molecular complexity index is 763. The summed E-state index contributed by atoms with van der Waals surface area (Å²) in [6.07, 6.45) is 3.26. The van der Waals surface area contributed by atoms with Crippen molar-refractivity contribution < 1.29 is 9.90 Å². The van der Waals surface area contributed by atoms with Crippen LogP contribution < -0.4 is 0 Å². The lowest BCUT2D eigenvalue weighted by Crippen LogP contribution is -1.90. The normalized spacial score (nSPS) is 11.1. The van der Waals surface area contributed by atoms with Crippen LogP contribution in [0.25, 0.3) is 16.2 Å². The second-order valence-electron chi connectivity index (χ2n) is 3.82. The molecule has 0 unspecified atom stereocenters. The number of rotatable bonds is 2. The van der Waals surface area contributed by atoms with E-state index in [0.29, 0.717) is 20.7 Å². The average molecular weight is 313 g/mol. The molecule has 0 aliphatic carbocycles. The standard InChI is InChI=1S/C12H6Cl2N2O2S/c13-7-3-1-2-6(10(7)14)8-4-16-5-9(11(17)18)19-12(16)15-8/h1-5H,(H,17,18). The van der Waals surface area contributed by atoms with Gasteiger partial charge in [0, 0.05) is 18.0 Å². The second-order valence-corrected chi connectivity index (χ2v) is 5.61. The Morgan fingerprint density at radius 3 is 2.79 bits per heavy atom. The van der Waals surface area contributed by atoms with E-state index >= 15 is 0 Å². The molecule has 4 nitrogen and oxygen atoms in total. The van der Waals surface area contributed by atoms with Gasteiger partial charge in [-0.05, 0) is 6.07 Å². The van der Waals surface area contributed by atoms with Crippen molar-refractivity contribution in [3.05, 3.63) is 45.5 Å². The van der Waals surface area contributed by atoms with Crippen LogP contribution in [0.5, 0.6) is 0 Å². The molecule has 19 heavy (non-hydrogen) atoms. The highest BCUT2D eigenvalue weighted by Crippen LogP contribution is 2.33. The molecule has 0 radical (unpaired) electrons. The molecule has 7 heteroatoms. The van der Waals surface area contributed by atoms with Gasteiger partial charge < -0.3 is 5.11 Å². The number of hydrogen-bond donors (Lipinski definition) is 1. The highest BCUT2D eigenvalue weighted by atomic mass is 35.5. The van der Waals surface area contributed by atoms with Gasteiger partial charge in [-0.15, -0.1) is 0 Å². The number of nitrogens with zero attached hydrogens (tertiary/aromatic N) is 2. The lowest BCUT2D eigenvalue weighted by atomic mass is 10.2. The van der Waals surface area contributed by atoms with Crippen molar-refractivity contribution in [2.75, 3.05) is 0 Å². The molecule has 0 saturated heterocycles. The van der Waals surface area contributed by atoms with Crippen LogP contribution in [-0.2, 0) is 0 Å². The maximum absolute atomic E-state index is 10.9. The summed E-state index contributed by atoms with van der Waals surface area (Å²) in [4.78, 5) is 16.1. The van der Waals surface area contributed by atoms with Crippen LogP contribution in [0, 0.1) is 0 Å². The van der Waals surface area contributed by atoms with Crippen LogP contribution in [0.3, 0.4) is 0 Å². The number of fused-ring (bicyclic) bond motifs is 1. The van der Waals surface area contributed by atoms with E-state index in [-0.39, 0.29) is 4.88 Å². The fourth-order valence-electron chi connectivity index (χ4n) is 1.73. The van der Waals surface area contributed by atoms with Crippen LogP contribution >= 0.6 is 34.5 Å². The van der Waals surface area contributed by atoms with E-state index < -0.39 is 5.97 Å². The predicted octanol–water partition coefficient (Wildman–Crippen LogP) is 4.07. The van der Waals surface area contributed by atoms with Gasteiger partial charge in [-0.1, -0.05) is 46.7 Å². The molecule has 0 fully saturated rings. The average Bonchev–Trinajstić information content (AvgIpc) is 2.90. The molecule has 2 aromatic heterocycles. The number of benzene rings is 1. The van der Waals surface area contributed by atoms with E-state index in [2.05, 4.69) is 4.98 Å². The lowest BCUT2D eigenvalue weighted by Gasteiger charge is -2.01. The molecule has 96 valence electrons. The van der Waals surface area contributed by atoms with E-state index in [1.807, 2.05) is 6.07 Å². The molecule has 1 N–H and O–H groups in total. The first-order valence-corrected chi connectivity index (χ1v) is 6.79. The van der Waals surface area contributed by atoms with Gasteiger partial charge in [0.25, 0.3) is 0 Å². The van der Waals surface area contributed by atoms with Gasteiger partial charge in [-0.2, -0.15) is 0 Å². The number of hydrogen-bond acceptors (Lipinski definition) is 3. The monoisotopic (exact) mass is 312 g/mol. The first-order valence-electron chi connectivity index (χ1n) is 5.22. The molecule has 2 heterocycles. The fraction of sp³-hybridized carbons (Fsp3) is 0. The fourth-order valence-corrected chi connectivity index (χ4v) is 2.93. The van der Waals surface area contributed by atoms with E-state index in [1.54, 1.807) is 22.7 Å². The molecule has 0 saturated carbocycles. The minimum absolute atomic E-state index is 0.242. The summed E-state index contributed by atoms with van der Waals surface area (Å²) < 4.78 is 1.67. The van der Waals surface area contributed by atoms with Gasteiger partial charge in [0.05, 0.1) is 15.7 Å². The molecule has 3 aromatic rings. The highest BCUT2D eigenvalue weighted by molar-refractivity contribution is 7.18. The van der Waals surface area contributed by atoms with E-state index in [0.717, 1.165) is 16.9 Å². The summed E-state index contributed by atoms with van der Waals surface area (Å²) in [6.45, 7) is 0. The van der Waals surface area contributed by atoms with E-state index in [1.165, 1.54) is 6.20 Å². The number of aromatic carboxylic acids is 1. The van der Waals surface area contributed by atoms with Gasteiger partial charge in [-0.25, -0.2) is 9.78 Å². The third kappa shape index (κ3) is 2.10. The number of halogens is 2. The molecular formula is C12H6Cl2N2O2S. The van der Waals surface area contributed by atoms with Crippen LogP contribution in [0.15, 0.2) is 30.6 Å². The number of imidazole rings is 1. The highest BCUT2D eigenvalue weighted by Gasteiger charge is 2.14. The summed E-state index contributed by atoms with van der Waals surface area (Å²) in [6, 6.07) is 5.31. The van der Waals surface area contributed by atoms with Gasteiger partial charge in [0.15, 0.2) is 4.96 Å². The molecule has 0 spiro atoms. The Kier molecular flexibility index (Phi) is 2.97. The zero-order valence-corrected chi connectivity index (χ0v) is 11.6. The maximum atomic E-state index is 10.9. The smallest absolute Gasteiger partial charge is 0.347 e. The maximum Gasteiger partial charge on any atom is 0.347 e. The van der Waals surface area contributed by atoms with Crippen LogP contribution in [-0.4, -0.2) is 20.5 Å². The SMILES string of the molecule is O=C(O)c1cn2cc(-c3cccc(Cl)c3Cl)nc2s1. The quantitative estimate of drug-likeness (QED) is 0.776. The zero-order valence-electron chi connectivity index (χ0n) is 9.30. The van der Waals surface area contributed by atoms with Crippen molar-refractivity contribution in [1.29, 1.82) is 0 Å². The first-order chi connectivity index (χ1) is 9.06. The molecule has 1 aromatic carbocycles. The van der Waals surface area contributed by atoms with E-state index in [9.17, 15) is 4.79 Å². The van der Waals surface area contributed by atoms with Gasteiger partial charge >= 0.3 is 5.97 Å². The zero-order chi connectivity index (χ0) is 13.6. The molecule has 0 atom stereocenters. The van der Waals surface area contributed by atoms with Crippen LogP contribution in [0.1, 0.15) is 9.67 Å². The minimum Gasteiger partial charge on any atom is -0.477 e. The second kappa shape index (κ2) is 4.52. The molecule has 0 aliphatic rings. The first kappa shape index (κ1) is 12.5. The van der Waals surface area contributed by atoms with Crippen molar-refractivity contribution in [2.24, 2.45) is 0 Å². The Balaban J connectivity index is 2.13. The molecular weight excluding hydrogens is 307 g/mol. The number of carboxylic acid groups (broad SMARTS) is 1. The van der Waals surface area contributed by atoms with E-state index in [4.69, 9.17) is 28.3 Å². The molecule has 3 rings (SSSR count). The van der Waals surface area contributed by atoms with Gasteiger partial charge in [0.1, 0.15) is 4.88 Å². The van der Waals surface area contributed by atoms with Crippen molar-refractivity contribution in [1.82, 2.24) is 9.38 Å². The summed E-state index contributed by atoms with van der Waals surface area (Å²) in [5, 5.41) is 9.80. The summed E-state index contributed by atoms with van der Waals surface area (Å²) in [5.41, 5.74) is 1.39.